The van der Waals surface area contributed by atoms with E-state index in [0.717, 1.165) is 29.5 Å². The van der Waals surface area contributed by atoms with Crippen molar-refractivity contribution in [2.75, 3.05) is 13.1 Å². The molecule has 2 aromatic rings. The fourth-order valence-electron chi connectivity index (χ4n) is 4.29. The average molecular weight is 455 g/mol. The van der Waals surface area contributed by atoms with Gasteiger partial charge in [0, 0.05) is 19.5 Å². The number of hydrogen-bond donors (Lipinski definition) is 1. The van der Waals surface area contributed by atoms with Gasteiger partial charge in [-0.25, -0.2) is 4.39 Å². The van der Waals surface area contributed by atoms with Crippen molar-refractivity contribution in [3.8, 4) is 5.75 Å². The number of ether oxygens (including phenoxy) is 1. The van der Waals surface area contributed by atoms with Crippen molar-refractivity contribution < 1.29 is 18.7 Å². The second-order valence-corrected chi connectivity index (χ2v) is 9.06. The van der Waals surface area contributed by atoms with Gasteiger partial charge in [-0.3, -0.25) is 9.59 Å². The number of nitrogens with zero attached hydrogens (tertiary/aromatic N) is 1. The van der Waals surface area contributed by atoms with Gasteiger partial charge in [0.1, 0.15) is 11.6 Å². The minimum atomic E-state index is -0.593. The Labute approximate surface area is 196 Å². The van der Waals surface area contributed by atoms with Crippen LogP contribution in [0.2, 0.25) is 0 Å². The summed E-state index contributed by atoms with van der Waals surface area (Å²) in [6.07, 6.45) is 1.96. The molecule has 0 spiro atoms. The zero-order chi connectivity index (χ0) is 24.0. The molecule has 178 valence electrons. The monoisotopic (exact) mass is 454 g/mol. The summed E-state index contributed by atoms with van der Waals surface area (Å²) >= 11 is 0. The van der Waals surface area contributed by atoms with Gasteiger partial charge in [0.2, 0.25) is 5.91 Å². The van der Waals surface area contributed by atoms with Crippen LogP contribution < -0.4 is 10.1 Å². The molecule has 0 aromatic heterocycles. The summed E-state index contributed by atoms with van der Waals surface area (Å²) < 4.78 is 20.2. The zero-order valence-electron chi connectivity index (χ0n) is 20.1. The molecule has 1 N–H and O–H groups in total. The highest BCUT2D eigenvalue weighted by atomic mass is 19.1. The molecular formula is C27H35FN2O3. The predicted molar refractivity (Wildman–Crippen MR) is 128 cm³/mol. The van der Waals surface area contributed by atoms with Gasteiger partial charge in [0.05, 0.1) is 6.04 Å². The Morgan fingerprint density at radius 1 is 1.18 bits per heavy atom. The van der Waals surface area contributed by atoms with Crippen LogP contribution >= 0.6 is 0 Å². The van der Waals surface area contributed by atoms with Gasteiger partial charge in [-0.1, -0.05) is 45.9 Å². The van der Waals surface area contributed by atoms with Crippen LogP contribution in [-0.2, 0) is 16.0 Å². The first-order valence-corrected chi connectivity index (χ1v) is 12.0. The maximum Gasteiger partial charge on any atom is 0.261 e. The van der Waals surface area contributed by atoms with Crippen LogP contribution in [-0.4, -0.2) is 35.9 Å². The van der Waals surface area contributed by atoms with Crippen molar-refractivity contribution in [1.82, 2.24) is 10.2 Å². The second-order valence-electron chi connectivity index (χ2n) is 9.06. The number of amides is 2. The Hall–Kier alpha value is -2.89. The molecule has 0 aliphatic carbocycles. The van der Waals surface area contributed by atoms with Crippen molar-refractivity contribution in [1.29, 1.82) is 0 Å². The lowest BCUT2D eigenvalue weighted by molar-refractivity contribution is -0.134. The normalized spacial score (nSPS) is 16.3. The Morgan fingerprint density at radius 3 is 2.64 bits per heavy atom. The van der Waals surface area contributed by atoms with Crippen LogP contribution in [0, 0.1) is 11.7 Å². The predicted octanol–water partition coefficient (Wildman–Crippen LogP) is 5.03. The van der Waals surface area contributed by atoms with Crippen molar-refractivity contribution >= 4 is 11.8 Å². The molecule has 0 radical (unpaired) electrons. The maximum absolute atomic E-state index is 14.2. The summed E-state index contributed by atoms with van der Waals surface area (Å²) in [4.78, 5) is 27.4. The Balaban J connectivity index is 1.97. The highest BCUT2D eigenvalue weighted by Crippen LogP contribution is 2.38. The van der Waals surface area contributed by atoms with Gasteiger partial charge in [-0.2, -0.15) is 0 Å². The summed E-state index contributed by atoms with van der Waals surface area (Å²) in [5, 5.41) is 2.89. The van der Waals surface area contributed by atoms with Crippen LogP contribution in [0.4, 0.5) is 4.39 Å². The molecule has 5 nitrogen and oxygen atoms in total. The lowest BCUT2D eigenvalue weighted by Gasteiger charge is -2.38. The van der Waals surface area contributed by atoms with E-state index in [4.69, 9.17) is 4.74 Å². The number of rotatable bonds is 9. The first-order chi connectivity index (χ1) is 15.8. The lowest BCUT2D eigenvalue weighted by Crippen LogP contribution is -2.41. The quantitative estimate of drug-likeness (QED) is 0.578. The van der Waals surface area contributed by atoms with Crippen LogP contribution in [0.5, 0.6) is 5.75 Å². The van der Waals surface area contributed by atoms with Gasteiger partial charge in [0.15, 0.2) is 6.10 Å². The Kier molecular flexibility index (Phi) is 8.48. The number of carbonyl (C=O) groups excluding carboxylic acids is 2. The topological polar surface area (TPSA) is 58.6 Å². The molecule has 0 saturated carbocycles. The summed E-state index contributed by atoms with van der Waals surface area (Å²) in [7, 11) is 0. The standard InChI is InChI=1S/C27H35FN2O3/c1-5-13-29-27(32)24(6-2)33-22-11-10-19-12-14-30(25(31)15-18(3)4)26(23(19)17-22)20-8-7-9-21(28)16-20/h7-11,16-18,24,26H,5-6,12-15H2,1-4H3,(H,29,32)/t24-,26-/m0/s1. The molecule has 2 atom stereocenters. The first kappa shape index (κ1) is 24.7. The highest BCUT2D eigenvalue weighted by Gasteiger charge is 2.33. The first-order valence-electron chi connectivity index (χ1n) is 12.0. The molecule has 2 aromatic carbocycles. The maximum atomic E-state index is 14.2. The van der Waals surface area contributed by atoms with E-state index < -0.39 is 12.1 Å². The van der Waals surface area contributed by atoms with Crippen LogP contribution in [0.15, 0.2) is 42.5 Å². The van der Waals surface area contributed by atoms with E-state index in [1.165, 1.54) is 12.1 Å². The summed E-state index contributed by atoms with van der Waals surface area (Å²) in [6.45, 7) is 9.15. The molecule has 1 aliphatic rings. The molecule has 6 heteroatoms. The van der Waals surface area contributed by atoms with Crippen molar-refractivity contribution in [3.05, 3.63) is 65.0 Å². The van der Waals surface area contributed by atoms with Crippen molar-refractivity contribution in [3.63, 3.8) is 0 Å². The average Bonchev–Trinajstić information content (AvgIpc) is 2.79. The molecule has 33 heavy (non-hydrogen) atoms. The van der Waals surface area contributed by atoms with Gasteiger partial charge in [-0.15, -0.1) is 0 Å². The summed E-state index contributed by atoms with van der Waals surface area (Å²) in [5.41, 5.74) is 2.76. The smallest absolute Gasteiger partial charge is 0.261 e. The Bertz CT molecular complexity index is 976. The minimum Gasteiger partial charge on any atom is -0.481 e. The SMILES string of the molecule is CCCNC(=O)[C@H](CC)Oc1ccc2c(c1)[C@H](c1cccc(F)c1)N(C(=O)CC(C)C)CC2. The number of fused-ring (bicyclic) bond motifs is 1. The molecule has 1 aliphatic heterocycles. The van der Waals surface area contributed by atoms with Crippen molar-refractivity contribution in [2.24, 2.45) is 5.92 Å². The number of carbonyl (C=O) groups is 2. The molecule has 3 rings (SSSR count). The third kappa shape index (κ3) is 6.12. The lowest BCUT2D eigenvalue weighted by atomic mass is 9.87. The Morgan fingerprint density at radius 2 is 1.97 bits per heavy atom. The number of benzene rings is 2. The van der Waals surface area contributed by atoms with Gasteiger partial charge in [0.25, 0.3) is 5.91 Å². The van der Waals surface area contributed by atoms with Gasteiger partial charge in [-0.05, 0) is 66.1 Å². The fourth-order valence-corrected chi connectivity index (χ4v) is 4.29. The molecule has 0 unspecified atom stereocenters. The van der Waals surface area contributed by atoms with E-state index in [1.807, 2.05) is 56.9 Å². The van der Waals surface area contributed by atoms with Crippen molar-refractivity contribution in [2.45, 2.75) is 65.5 Å². The molecule has 0 fully saturated rings. The van der Waals surface area contributed by atoms with E-state index >= 15 is 0 Å². The van der Waals surface area contributed by atoms with Crippen LogP contribution in [0.1, 0.15) is 69.7 Å². The number of halogens is 1. The third-order valence-corrected chi connectivity index (χ3v) is 5.90. The van der Waals surface area contributed by atoms with E-state index in [-0.39, 0.29) is 23.5 Å². The van der Waals surface area contributed by atoms with Crippen LogP contribution in [0.25, 0.3) is 0 Å². The largest absolute Gasteiger partial charge is 0.481 e. The third-order valence-electron chi connectivity index (χ3n) is 5.90. The zero-order valence-corrected chi connectivity index (χ0v) is 20.1. The number of hydrogen-bond acceptors (Lipinski definition) is 3. The fraction of sp³-hybridized carbons (Fsp3) is 0.481. The van der Waals surface area contributed by atoms with E-state index in [2.05, 4.69) is 5.32 Å². The minimum absolute atomic E-state index is 0.0570. The molecule has 0 bridgehead atoms. The highest BCUT2D eigenvalue weighted by molar-refractivity contribution is 5.81. The van der Waals surface area contributed by atoms with Gasteiger partial charge < -0.3 is 15.0 Å². The molecule has 2 amide bonds. The van der Waals surface area contributed by atoms with E-state index in [1.54, 1.807) is 6.07 Å². The van der Waals surface area contributed by atoms with E-state index in [0.29, 0.717) is 31.7 Å². The molecule has 1 heterocycles. The van der Waals surface area contributed by atoms with Gasteiger partial charge >= 0.3 is 0 Å². The number of nitrogens with one attached hydrogen (secondary N) is 1. The van der Waals surface area contributed by atoms with Crippen LogP contribution in [0.3, 0.4) is 0 Å². The molecule has 0 saturated heterocycles. The van der Waals surface area contributed by atoms with E-state index in [9.17, 15) is 14.0 Å². The second kappa shape index (κ2) is 11.3. The summed E-state index contributed by atoms with van der Waals surface area (Å²) in [5.74, 6) is 0.400. The summed E-state index contributed by atoms with van der Waals surface area (Å²) in [6, 6.07) is 11.8. The molecular weight excluding hydrogens is 419 g/mol.